The molecule has 0 heterocycles. The van der Waals surface area contributed by atoms with E-state index in [1.165, 1.54) is 6.21 Å². The van der Waals surface area contributed by atoms with Gasteiger partial charge >= 0.3 is 0 Å². The summed E-state index contributed by atoms with van der Waals surface area (Å²) in [6.07, 6.45) is 6.27. The highest BCUT2D eigenvalue weighted by Gasteiger charge is 2.05. The minimum atomic E-state index is -0.353. The van der Waals surface area contributed by atoms with E-state index < -0.39 is 0 Å². The van der Waals surface area contributed by atoms with Crippen LogP contribution in [0.5, 0.6) is 5.75 Å². The summed E-state index contributed by atoms with van der Waals surface area (Å²) < 4.78 is 5.06. The molecule has 1 aromatic carbocycles. The molecule has 0 aliphatic rings. The molecule has 0 atom stereocenters. The van der Waals surface area contributed by atoms with Crippen LogP contribution in [0.3, 0.4) is 0 Å². The average Bonchev–Trinajstić information content (AvgIpc) is 2.67. The molecule has 140 valence electrons. The van der Waals surface area contributed by atoms with Crippen molar-refractivity contribution in [3.63, 3.8) is 0 Å². The second-order valence-corrected chi connectivity index (χ2v) is 5.36. The van der Waals surface area contributed by atoms with Crippen LogP contribution in [0.1, 0.15) is 24.2 Å². The largest absolute Gasteiger partial charge is 0.508 e. The summed E-state index contributed by atoms with van der Waals surface area (Å²) in [5.74, 6) is 0.400. The van der Waals surface area contributed by atoms with Crippen LogP contribution in [-0.4, -0.2) is 48.9 Å². The zero-order chi connectivity index (χ0) is 19.4. The SMILES string of the molecule is C=C/C=C(/C=N/NC(=O)c1ccc(OC)cc1)C(\O)=C/CN(CC)CC. The van der Waals surface area contributed by atoms with Crippen molar-refractivity contribution in [3.05, 3.63) is 66.0 Å². The van der Waals surface area contributed by atoms with E-state index in [-0.39, 0.29) is 11.7 Å². The lowest BCUT2D eigenvalue weighted by Gasteiger charge is -2.15. The third-order valence-corrected chi connectivity index (χ3v) is 3.75. The van der Waals surface area contributed by atoms with Crippen molar-refractivity contribution < 1.29 is 14.6 Å². The lowest BCUT2D eigenvalue weighted by Crippen LogP contribution is -2.23. The minimum absolute atomic E-state index is 0.0826. The molecule has 0 spiro atoms. The number of hydrogen-bond acceptors (Lipinski definition) is 5. The number of allylic oxidation sites excluding steroid dienone is 3. The zero-order valence-corrected chi connectivity index (χ0v) is 15.6. The Bertz CT molecular complexity index is 672. The molecule has 0 aliphatic heterocycles. The molecule has 6 nitrogen and oxygen atoms in total. The zero-order valence-electron chi connectivity index (χ0n) is 15.6. The van der Waals surface area contributed by atoms with Crippen LogP contribution in [0, 0.1) is 0 Å². The van der Waals surface area contributed by atoms with E-state index in [0.29, 0.717) is 23.4 Å². The molecule has 1 aromatic rings. The van der Waals surface area contributed by atoms with Crippen molar-refractivity contribution >= 4 is 12.1 Å². The summed E-state index contributed by atoms with van der Waals surface area (Å²) in [6.45, 7) is 10.2. The van der Waals surface area contributed by atoms with Gasteiger partial charge < -0.3 is 14.7 Å². The van der Waals surface area contributed by atoms with Gasteiger partial charge in [-0.15, -0.1) is 0 Å². The highest BCUT2D eigenvalue weighted by molar-refractivity contribution is 5.95. The summed E-state index contributed by atoms with van der Waals surface area (Å²) in [5.41, 5.74) is 3.35. The lowest BCUT2D eigenvalue weighted by atomic mass is 10.2. The number of hydrogen-bond donors (Lipinski definition) is 2. The van der Waals surface area contributed by atoms with Crippen molar-refractivity contribution in [2.45, 2.75) is 13.8 Å². The molecule has 0 saturated heterocycles. The molecule has 0 unspecified atom stereocenters. The normalized spacial score (nSPS) is 12.5. The van der Waals surface area contributed by atoms with Crippen LogP contribution in [0.15, 0.2) is 65.5 Å². The van der Waals surface area contributed by atoms with Crippen LogP contribution in [0.2, 0.25) is 0 Å². The maximum atomic E-state index is 12.1. The molecule has 0 radical (unpaired) electrons. The fourth-order valence-electron chi connectivity index (χ4n) is 2.10. The second kappa shape index (κ2) is 11.7. The lowest BCUT2D eigenvalue weighted by molar-refractivity contribution is 0.0955. The monoisotopic (exact) mass is 357 g/mol. The fourth-order valence-corrected chi connectivity index (χ4v) is 2.10. The predicted molar refractivity (Wildman–Crippen MR) is 106 cm³/mol. The molecule has 26 heavy (non-hydrogen) atoms. The van der Waals surface area contributed by atoms with Gasteiger partial charge in [0.25, 0.3) is 5.91 Å². The van der Waals surface area contributed by atoms with Gasteiger partial charge in [0, 0.05) is 17.7 Å². The highest BCUT2D eigenvalue weighted by Crippen LogP contribution is 2.11. The number of amides is 1. The Balaban J connectivity index is 2.73. The van der Waals surface area contributed by atoms with E-state index in [0.717, 1.165) is 13.1 Å². The Labute approximate surface area is 155 Å². The molecule has 2 N–H and O–H groups in total. The number of aliphatic hydroxyl groups excluding tert-OH is 1. The van der Waals surface area contributed by atoms with Gasteiger partial charge in [-0.1, -0.05) is 32.6 Å². The number of methoxy groups -OCH3 is 1. The minimum Gasteiger partial charge on any atom is -0.508 e. The molecular formula is C20H27N3O3. The predicted octanol–water partition coefficient (Wildman–Crippen LogP) is 3.31. The van der Waals surface area contributed by atoms with E-state index >= 15 is 0 Å². The first kappa shape index (κ1) is 21.2. The highest BCUT2D eigenvalue weighted by atomic mass is 16.5. The van der Waals surface area contributed by atoms with Gasteiger partial charge in [-0.05, 0) is 43.4 Å². The van der Waals surface area contributed by atoms with E-state index in [1.807, 2.05) is 0 Å². The van der Waals surface area contributed by atoms with Crippen LogP contribution in [0.25, 0.3) is 0 Å². The number of carbonyl (C=O) groups is 1. The first-order valence-electron chi connectivity index (χ1n) is 8.47. The van der Waals surface area contributed by atoms with Crippen molar-refractivity contribution in [1.82, 2.24) is 10.3 Å². The molecule has 0 aromatic heterocycles. The van der Waals surface area contributed by atoms with Gasteiger partial charge in [0.2, 0.25) is 0 Å². The Morgan fingerprint density at radius 1 is 1.31 bits per heavy atom. The molecule has 0 aliphatic carbocycles. The van der Waals surface area contributed by atoms with Gasteiger partial charge in [0.05, 0.1) is 13.3 Å². The smallest absolute Gasteiger partial charge is 0.271 e. The van der Waals surface area contributed by atoms with Crippen LogP contribution < -0.4 is 10.2 Å². The van der Waals surface area contributed by atoms with E-state index in [1.54, 1.807) is 49.6 Å². The molecule has 0 saturated carbocycles. The number of hydrazone groups is 1. The number of benzene rings is 1. The number of ether oxygens (including phenoxy) is 1. The Morgan fingerprint density at radius 2 is 1.96 bits per heavy atom. The summed E-state index contributed by atoms with van der Waals surface area (Å²) in [7, 11) is 1.56. The molecular weight excluding hydrogens is 330 g/mol. The maximum Gasteiger partial charge on any atom is 0.271 e. The topological polar surface area (TPSA) is 74.2 Å². The van der Waals surface area contributed by atoms with Crippen LogP contribution in [-0.2, 0) is 0 Å². The summed E-state index contributed by atoms with van der Waals surface area (Å²) in [5, 5.41) is 14.1. The summed E-state index contributed by atoms with van der Waals surface area (Å²) in [4.78, 5) is 14.2. The van der Waals surface area contributed by atoms with Gasteiger partial charge in [-0.2, -0.15) is 5.10 Å². The molecule has 6 heteroatoms. The molecule has 1 rings (SSSR count). The Hall–Kier alpha value is -2.86. The van der Waals surface area contributed by atoms with Crippen LogP contribution in [0.4, 0.5) is 0 Å². The number of nitrogens with one attached hydrogen (secondary N) is 1. The molecule has 1 amide bonds. The van der Waals surface area contributed by atoms with E-state index in [9.17, 15) is 9.90 Å². The van der Waals surface area contributed by atoms with Gasteiger partial charge in [0.1, 0.15) is 11.5 Å². The maximum absolute atomic E-state index is 12.1. The third-order valence-electron chi connectivity index (χ3n) is 3.75. The number of aliphatic hydroxyl groups is 1. The van der Waals surface area contributed by atoms with Gasteiger partial charge in [-0.25, -0.2) is 5.43 Å². The Morgan fingerprint density at radius 3 is 2.50 bits per heavy atom. The number of carbonyl (C=O) groups excluding carboxylic acids is 1. The van der Waals surface area contributed by atoms with Gasteiger partial charge in [-0.3, -0.25) is 4.79 Å². The first-order valence-corrected chi connectivity index (χ1v) is 8.47. The van der Waals surface area contributed by atoms with Crippen molar-refractivity contribution in [2.24, 2.45) is 5.10 Å². The second-order valence-electron chi connectivity index (χ2n) is 5.36. The standard InChI is InChI=1S/C20H27N3O3/c1-5-8-17(19(24)13-14-23(6-2)7-3)15-21-22-20(25)16-9-11-18(26-4)12-10-16/h5,8-13,15,24H,1,6-7,14H2,2-4H3,(H,22,25)/b17-8-,19-13+,21-15+. The number of nitrogens with zero attached hydrogens (tertiary/aromatic N) is 2. The molecule has 0 bridgehead atoms. The van der Waals surface area contributed by atoms with E-state index in [2.05, 4.69) is 35.9 Å². The van der Waals surface area contributed by atoms with Gasteiger partial charge in [0.15, 0.2) is 0 Å². The Kier molecular flexibility index (Phi) is 9.49. The third kappa shape index (κ3) is 6.94. The fraction of sp³-hybridized carbons (Fsp3) is 0.300. The quantitative estimate of drug-likeness (QED) is 0.292. The number of rotatable bonds is 10. The van der Waals surface area contributed by atoms with Crippen molar-refractivity contribution in [2.75, 3.05) is 26.7 Å². The molecule has 0 fully saturated rings. The summed E-state index contributed by atoms with van der Waals surface area (Å²) in [6, 6.07) is 6.68. The van der Waals surface area contributed by atoms with Crippen molar-refractivity contribution in [1.29, 1.82) is 0 Å². The number of likely N-dealkylation sites (N-methyl/N-ethyl adjacent to an activating group) is 1. The van der Waals surface area contributed by atoms with E-state index in [4.69, 9.17) is 4.74 Å². The average molecular weight is 357 g/mol. The van der Waals surface area contributed by atoms with Crippen LogP contribution >= 0.6 is 0 Å². The van der Waals surface area contributed by atoms with Crippen molar-refractivity contribution in [3.8, 4) is 5.75 Å². The summed E-state index contributed by atoms with van der Waals surface area (Å²) >= 11 is 0. The first-order chi connectivity index (χ1) is 12.5.